The van der Waals surface area contributed by atoms with Crippen molar-refractivity contribution in [3.05, 3.63) is 41.4 Å². The topological polar surface area (TPSA) is 87.7 Å². The van der Waals surface area contributed by atoms with Gasteiger partial charge in [0.05, 0.1) is 11.8 Å². The minimum atomic E-state index is -1.20. The first kappa shape index (κ1) is 11.8. The van der Waals surface area contributed by atoms with Gasteiger partial charge in [-0.15, -0.1) is 0 Å². The highest BCUT2D eigenvalue weighted by molar-refractivity contribution is 5.98. The second kappa shape index (κ2) is 4.97. The molecular weight excluding hydrogens is 212 g/mol. The summed E-state index contributed by atoms with van der Waals surface area (Å²) in [5, 5.41) is 17.4. The Kier molecular flexibility index (Phi) is 3.66. The first-order valence-electron chi connectivity index (χ1n) is 4.41. The minimum absolute atomic E-state index is 0.114. The molecule has 0 aliphatic rings. The van der Waals surface area contributed by atoms with Crippen LogP contribution in [-0.4, -0.2) is 22.2 Å². The fourth-order valence-corrected chi connectivity index (χ4v) is 1.12. The Morgan fingerprint density at radius 3 is 2.50 bits per heavy atom. The van der Waals surface area contributed by atoms with E-state index in [0.717, 1.165) is 6.08 Å². The van der Waals surface area contributed by atoms with Crippen molar-refractivity contribution in [1.82, 2.24) is 0 Å². The van der Waals surface area contributed by atoms with Gasteiger partial charge in [-0.3, -0.25) is 0 Å². The van der Waals surface area contributed by atoms with Crippen molar-refractivity contribution in [3.63, 3.8) is 0 Å². The third-order valence-corrected chi connectivity index (χ3v) is 1.83. The second-order valence-electron chi connectivity index (χ2n) is 3.04. The molecule has 1 aromatic rings. The van der Waals surface area contributed by atoms with Gasteiger partial charge in [-0.25, -0.2) is 9.59 Å². The summed E-state index contributed by atoms with van der Waals surface area (Å²) in [4.78, 5) is 21.3. The van der Waals surface area contributed by atoms with Crippen molar-refractivity contribution < 1.29 is 24.2 Å². The van der Waals surface area contributed by atoms with Gasteiger partial charge in [-0.2, -0.15) is 0 Å². The molecule has 0 spiro atoms. The third kappa shape index (κ3) is 3.13. The first-order valence-corrected chi connectivity index (χ1v) is 4.41. The molecule has 0 amide bonds. The van der Waals surface area contributed by atoms with E-state index in [-0.39, 0.29) is 11.1 Å². The van der Waals surface area contributed by atoms with Gasteiger partial charge in [-0.05, 0) is 30.7 Å². The van der Waals surface area contributed by atoms with Crippen molar-refractivity contribution in [2.24, 2.45) is 0 Å². The average molecular weight is 222 g/mol. The predicted molar refractivity (Wildman–Crippen MR) is 55.7 cm³/mol. The fourth-order valence-electron chi connectivity index (χ4n) is 1.12. The molecule has 0 saturated carbocycles. The van der Waals surface area contributed by atoms with Crippen LogP contribution in [0.2, 0.25) is 0 Å². The summed E-state index contributed by atoms with van der Waals surface area (Å²) in [5.41, 5.74) is 0.0359. The number of hydrogen-bond donors (Lipinski definition) is 2. The lowest BCUT2D eigenvalue weighted by molar-refractivity contribution is -0.132. The Labute approximate surface area is 91.3 Å². The summed E-state index contributed by atoms with van der Waals surface area (Å²) in [6.45, 7) is 1.41. The van der Waals surface area contributed by atoms with Gasteiger partial charge in [-0.1, -0.05) is 0 Å². The van der Waals surface area contributed by atoms with Crippen molar-refractivity contribution in [3.8, 4) is 0 Å². The number of hydrogen-bond acceptors (Lipinski definition) is 3. The van der Waals surface area contributed by atoms with E-state index >= 15 is 0 Å². The molecular formula is C11H10O5. The zero-order valence-electron chi connectivity index (χ0n) is 8.51. The van der Waals surface area contributed by atoms with E-state index in [4.69, 9.17) is 14.6 Å². The monoisotopic (exact) mass is 222 g/mol. The molecule has 1 rings (SSSR count). The van der Waals surface area contributed by atoms with E-state index in [1.165, 1.54) is 19.3 Å². The Bertz CT molecular complexity index is 451. The van der Waals surface area contributed by atoms with Crippen molar-refractivity contribution >= 4 is 18.0 Å². The molecule has 5 heteroatoms. The quantitative estimate of drug-likeness (QED) is 0.598. The normalized spacial score (nSPS) is 12.6. The molecule has 0 aliphatic heterocycles. The molecule has 16 heavy (non-hydrogen) atoms. The number of rotatable bonds is 4. The van der Waals surface area contributed by atoms with E-state index in [9.17, 15) is 9.59 Å². The molecule has 0 unspecified atom stereocenters. The van der Waals surface area contributed by atoms with Crippen LogP contribution >= 0.6 is 0 Å². The highest BCUT2D eigenvalue weighted by Crippen LogP contribution is 2.15. The van der Waals surface area contributed by atoms with Crippen LogP contribution in [-0.2, 0) is 9.59 Å². The number of carbonyl (C=O) groups is 2. The van der Waals surface area contributed by atoms with Gasteiger partial charge in [0.15, 0.2) is 0 Å². The van der Waals surface area contributed by atoms with Crippen LogP contribution in [0.5, 0.6) is 0 Å². The number of carboxylic acid groups (broad SMARTS) is 2. The zero-order valence-corrected chi connectivity index (χ0v) is 8.51. The maximum absolute atomic E-state index is 10.9. The van der Waals surface area contributed by atoms with E-state index in [2.05, 4.69) is 0 Å². The predicted octanol–water partition coefficient (Wildman–Crippen LogP) is 1.78. The number of carboxylic acids is 2. The standard InChI is InChI=1S/C11H10O5/c1-7(5-10(12)13)9(11(14)15)6-8-3-2-4-16-8/h2-6H,1H3,(H,12,13)(H,14,15)/b7-5+,9-6-. The van der Waals surface area contributed by atoms with Crippen LogP contribution in [0.3, 0.4) is 0 Å². The van der Waals surface area contributed by atoms with Crippen LogP contribution in [0.25, 0.3) is 6.08 Å². The van der Waals surface area contributed by atoms with Gasteiger partial charge in [0.25, 0.3) is 0 Å². The van der Waals surface area contributed by atoms with Crippen LogP contribution < -0.4 is 0 Å². The lowest BCUT2D eigenvalue weighted by atomic mass is 10.1. The van der Waals surface area contributed by atoms with Crippen LogP contribution in [0.1, 0.15) is 12.7 Å². The van der Waals surface area contributed by atoms with Gasteiger partial charge >= 0.3 is 11.9 Å². The first-order chi connectivity index (χ1) is 7.50. The largest absolute Gasteiger partial charge is 0.478 e. The molecule has 0 aromatic carbocycles. The Hall–Kier alpha value is -2.30. The van der Waals surface area contributed by atoms with Gasteiger partial charge in [0.1, 0.15) is 5.76 Å². The molecule has 1 heterocycles. The Morgan fingerprint density at radius 2 is 2.06 bits per heavy atom. The maximum Gasteiger partial charge on any atom is 0.336 e. The van der Waals surface area contributed by atoms with Gasteiger partial charge in [0, 0.05) is 6.08 Å². The summed E-state index contributed by atoms with van der Waals surface area (Å²) >= 11 is 0. The van der Waals surface area contributed by atoms with E-state index in [1.807, 2.05) is 0 Å². The van der Waals surface area contributed by atoms with E-state index in [1.54, 1.807) is 12.1 Å². The second-order valence-corrected chi connectivity index (χ2v) is 3.04. The third-order valence-electron chi connectivity index (χ3n) is 1.83. The molecule has 0 bridgehead atoms. The van der Waals surface area contributed by atoms with Crippen molar-refractivity contribution in [2.75, 3.05) is 0 Å². The number of furan rings is 1. The van der Waals surface area contributed by atoms with Crippen LogP contribution in [0.15, 0.2) is 40.0 Å². The van der Waals surface area contributed by atoms with Gasteiger partial charge < -0.3 is 14.6 Å². The summed E-state index contributed by atoms with van der Waals surface area (Å²) in [6.07, 6.45) is 3.52. The zero-order chi connectivity index (χ0) is 12.1. The van der Waals surface area contributed by atoms with Gasteiger partial charge in [0.2, 0.25) is 0 Å². The van der Waals surface area contributed by atoms with Crippen LogP contribution in [0.4, 0.5) is 0 Å². The fraction of sp³-hybridized carbons (Fsp3) is 0.0909. The lowest BCUT2D eigenvalue weighted by Crippen LogP contribution is -2.03. The molecule has 0 saturated heterocycles. The molecule has 0 atom stereocenters. The highest BCUT2D eigenvalue weighted by Gasteiger charge is 2.11. The summed E-state index contributed by atoms with van der Waals surface area (Å²) < 4.78 is 4.95. The van der Waals surface area contributed by atoms with Crippen molar-refractivity contribution in [1.29, 1.82) is 0 Å². The Morgan fingerprint density at radius 1 is 1.38 bits per heavy atom. The van der Waals surface area contributed by atoms with E-state index in [0.29, 0.717) is 5.76 Å². The summed E-state index contributed by atoms with van der Waals surface area (Å²) in [7, 11) is 0. The molecule has 0 radical (unpaired) electrons. The highest BCUT2D eigenvalue weighted by atomic mass is 16.4. The molecule has 5 nitrogen and oxygen atoms in total. The maximum atomic E-state index is 10.9. The summed E-state index contributed by atoms with van der Waals surface area (Å²) in [5.74, 6) is -2.04. The minimum Gasteiger partial charge on any atom is -0.478 e. The molecule has 0 fully saturated rings. The SMILES string of the molecule is CC(=C\C(=O)O)/C(=C/c1ccco1)C(=O)O. The lowest BCUT2D eigenvalue weighted by Gasteiger charge is -2.00. The molecule has 1 aromatic heterocycles. The number of aliphatic carboxylic acids is 2. The average Bonchev–Trinajstić information content (AvgIpc) is 2.64. The summed E-state index contributed by atoms with van der Waals surface area (Å²) in [6, 6.07) is 3.19. The molecule has 0 aliphatic carbocycles. The smallest absolute Gasteiger partial charge is 0.336 e. The van der Waals surface area contributed by atoms with Crippen LogP contribution in [0, 0.1) is 0 Å². The molecule has 2 N–H and O–H groups in total. The molecule has 84 valence electrons. The Balaban J connectivity index is 3.10. The van der Waals surface area contributed by atoms with Crippen molar-refractivity contribution in [2.45, 2.75) is 6.92 Å². The van der Waals surface area contributed by atoms with E-state index < -0.39 is 11.9 Å².